The van der Waals surface area contributed by atoms with E-state index in [9.17, 15) is 10.1 Å². The third kappa shape index (κ3) is 3.43. The number of amides is 1. The van der Waals surface area contributed by atoms with Crippen LogP contribution in [0.1, 0.15) is 41.5 Å². The van der Waals surface area contributed by atoms with E-state index in [0.29, 0.717) is 24.4 Å². The van der Waals surface area contributed by atoms with Crippen LogP contribution in [0.3, 0.4) is 0 Å². The minimum Gasteiger partial charge on any atom is -0.494 e. The number of hydrogen-bond acceptors (Lipinski definition) is 6. The van der Waals surface area contributed by atoms with Crippen molar-refractivity contribution in [3.05, 3.63) is 59.4 Å². The minimum atomic E-state index is -0.0799. The fraction of sp³-hybridized carbons (Fsp3) is 0.296. The van der Waals surface area contributed by atoms with Gasteiger partial charge in [-0.3, -0.25) is 14.9 Å². The van der Waals surface area contributed by atoms with Crippen molar-refractivity contribution in [2.75, 3.05) is 20.7 Å². The van der Waals surface area contributed by atoms with E-state index >= 15 is 0 Å². The molecule has 0 bridgehead atoms. The number of methoxy groups -OCH3 is 1. The Labute approximate surface area is 202 Å². The second-order valence-corrected chi connectivity index (χ2v) is 9.25. The predicted molar refractivity (Wildman–Crippen MR) is 131 cm³/mol. The number of nitrogens with one attached hydrogen (secondary N) is 1. The van der Waals surface area contributed by atoms with E-state index in [1.54, 1.807) is 18.2 Å². The molecule has 3 aromatic heterocycles. The average molecular weight is 465 g/mol. The lowest BCUT2D eigenvalue weighted by Crippen LogP contribution is -2.18. The van der Waals surface area contributed by atoms with E-state index in [-0.39, 0.29) is 17.7 Å². The first-order chi connectivity index (χ1) is 17.1. The molecule has 8 heteroatoms. The van der Waals surface area contributed by atoms with Gasteiger partial charge in [-0.1, -0.05) is 18.2 Å². The van der Waals surface area contributed by atoms with Crippen LogP contribution in [0.2, 0.25) is 0 Å². The molecule has 8 nitrogen and oxygen atoms in total. The molecule has 0 saturated carbocycles. The number of benzene rings is 1. The molecule has 1 aliphatic carbocycles. The standard InChI is InChI=1S/C27H24N6O2/c1-33-14-17(10-24(33)34)21-9-7-16(13-29-21)25-27-22(31-32-25)11-23(35-2)26(30-27)20-5-3-4-18-15(12-28)6-8-19(18)20/h3-5,7,9,11,13,15,17H,6,8,10,14H2,1-2H3,(H,31,32). The van der Waals surface area contributed by atoms with E-state index < -0.39 is 0 Å². The number of ether oxygens (including phenoxy) is 1. The molecule has 4 heterocycles. The first-order valence-electron chi connectivity index (χ1n) is 11.7. The van der Waals surface area contributed by atoms with Gasteiger partial charge in [-0.05, 0) is 36.1 Å². The lowest BCUT2D eigenvalue weighted by molar-refractivity contribution is -0.126. The van der Waals surface area contributed by atoms with Crippen LogP contribution in [0.15, 0.2) is 42.6 Å². The summed E-state index contributed by atoms with van der Waals surface area (Å²) in [5.74, 6) is 0.843. The minimum absolute atomic E-state index is 0.0799. The number of pyridine rings is 2. The maximum Gasteiger partial charge on any atom is 0.223 e. The van der Waals surface area contributed by atoms with Gasteiger partial charge in [-0.2, -0.15) is 10.4 Å². The molecule has 0 radical (unpaired) electrons. The summed E-state index contributed by atoms with van der Waals surface area (Å²) in [5.41, 5.74) is 7.97. The number of hydrogen-bond donors (Lipinski definition) is 1. The number of carbonyl (C=O) groups excluding carboxylic acids is 1. The van der Waals surface area contributed by atoms with Crippen molar-refractivity contribution in [2.24, 2.45) is 0 Å². The number of rotatable bonds is 4. The molecule has 6 rings (SSSR count). The van der Waals surface area contributed by atoms with Crippen molar-refractivity contribution in [3.63, 3.8) is 0 Å². The third-order valence-corrected chi connectivity index (χ3v) is 7.22. The van der Waals surface area contributed by atoms with E-state index in [1.165, 1.54) is 0 Å². The summed E-state index contributed by atoms with van der Waals surface area (Å²) < 4.78 is 5.71. The van der Waals surface area contributed by atoms with E-state index in [2.05, 4.69) is 21.3 Å². The van der Waals surface area contributed by atoms with Gasteiger partial charge in [0.2, 0.25) is 5.91 Å². The molecule has 4 aromatic rings. The molecule has 2 atom stereocenters. The number of H-pyrrole nitrogens is 1. The monoisotopic (exact) mass is 464 g/mol. The molecule has 2 unspecified atom stereocenters. The lowest BCUT2D eigenvalue weighted by Gasteiger charge is -2.13. The Balaban J connectivity index is 1.42. The number of aromatic amines is 1. The molecule has 2 aliphatic rings. The van der Waals surface area contributed by atoms with Gasteiger partial charge in [0.15, 0.2) is 0 Å². The molecule has 1 aromatic carbocycles. The Hall–Kier alpha value is -4.25. The Morgan fingerprint density at radius 2 is 2.11 bits per heavy atom. The highest BCUT2D eigenvalue weighted by Gasteiger charge is 2.29. The second-order valence-electron chi connectivity index (χ2n) is 9.25. The van der Waals surface area contributed by atoms with E-state index in [4.69, 9.17) is 9.72 Å². The number of nitrogens with zero attached hydrogens (tertiary/aromatic N) is 5. The van der Waals surface area contributed by atoms with Gasteiger partial charge in [-0.25, -0.2) is 4.98 Å². The summed E-state index contributed by atoms with van der Waals surface area (Å²) in [5, 5.41) is 17.1. The fourth-order valence-electron chi connectivity index (χ4n) is 5.34. The predicted octanol–water partition coefficient (Wildman–Crippen LogP) is 4.19. The van der Waals surface area contributed by atoms with Crippen LogP contribution in [-0.2, 0) is 11.2 Å². The third-order valence-electron chi connectivity index (χ3n) is 7.22. The summed E-state index contributed by atoms with van der Waals surface area (Å²) in [4.78, 5) is 23.3. The Kier molecular flexibility index (Phi) is 4.99. The summed E-state index contributed by atoms with van der Waals surface area (Å²) >= 11 is 0. The van der Waals surface area contributed by atoms with E-state index in [1.807, 2.05) is 43.4 Å². The van der Waals surface area contributed by atoms with Crippen LogP contribution in [0.5, 0.6) is 5.75 Å². The number of nitriles is 1. The van der Waals surface area contributed by atoms with Crippen molar-refractivity contribution in [2.45, 2.75) is 31.1 Å². The average Bonchev–Trinajstić information content (AvgIpc) is 3.59. The number of fused-ring (bicyclic) bond motifs is 2. The largest absolute Gasteiger partial charge is 0.494 e. The Morgan fingerprint density at radius 1 is 1.23 bits per heavy atom. The first-order valence-corrected chi connectivity index (χ1v) is 11.7. The number of likely N-dealkylation sites (N-methyl/N-ethyl adjacent to an activating group) is 1. The van der Waals surface area contributed by atoms with Gasteiger partial charge in [0, 0.05) is 55.0 Å². The van der Waals surface area contributed by atoms with Gasteiger partial charge in [0.05, 0.1) is 24.6 Å². The zero-order valence-corrected chi connectivity index (χ0v) is 19.6. The molecular formula is C27H24N6O2. The number of carbonyl (C=O) groups is 1. The van der Waals surface area contributed by atoms with Crippen molar-refractivity contribution < 1.29 is 9.53 Å². The summed E-state index contributed by atoms with van der Waals surface area (Å²) in [6.07, 6.45) is 3.96. The fourth-order valence-corrected chi connectivity index (χ4v) is 5.34. The van der Waals surface area contributed by atoms with Gasteiger partial charge in [0.1, 0.15) is 22.7 Å². The highest BCUT2D eigenvalue weighted by atomic mass is 16.5. The number of aromatic nitrogens is 4. The summed E-state index contributed by atoms with van der Waals surface area (Å²) in [6, 6.07) is 14.4. The molecule has 1 fully saturated rings. The normalized spacial score (nSPS) is 19.2. The second kappa shape index (κ2) is 8.20. The Morgan fingerprint density at radius 3 is 2.83 bits per heavy atom. The molecule has 174 valence electrons. The van der Waals surface area contributed by atoms with Crippen molar-refractivity contribution in [3.8, 4) is 34.3 Å². The first kappa shape index (κ1) is 21.3. The molecule has 1 amide bonds. The SMILES string of the molecule is COc1cc2[nH]nc(-c3ccc(C4CC(=O)N(C)C4)nc3)c2nc1-c1cccc2c1CCC2C#N. The highest BCUT2D eigenvalue weighted by Crippen LogP contribution is 2.42. The van der Waals surface area contributed by atoms with Gasteiger partial charge < -0.3 is 9.64 Å². The molecule has 35 heavy (non-hydrogen) atoms. The quantitative estimate of drug-likeness (QED) is 0.485. The maximum atomic E-state index is 11.9. The topological polar surface area (TPSA) is 108 Å². The zero-order valence-electron chi connectivity index (χ0n) is 19.6. The zero-order chi connectivity index (χ0) is 24.1. The van der Waals surface area contributed by atoms with Crippen LogP contribution >= 0.6 is 0 Å². The lowest BCUT2D eigenvalue weighted by atomic mass is 9.97. The summed E-state index contributed by atoms with van der Waals surface area (Å²) in [7, 11) is 3.46. The molecule has 0 spiro atoms. The van der Waals surface area contributed by atoms with Crippen molar-refractivity contribution >= 4 is 16.9 Å². The van der Waals surface area contributed by atoms with Crippen LogP contribution in [0, 0.1) is 11.3 Å². The maximum absolute atomic E-state index is 11.9. The molecule has 1 N–H and O–H groups in total. The number of likely N-dealkylation sites (tertiary alicyclic amines) is 1. The van der Waals surface area contributed by atoms with Crippen LogP contribution in [0.4, 0.5) is 0 Å². The van der Waals surface area contributed by atoms with Crippen LogP contribution < -0.4 is 4.74 Å². The van der Waals surface area contributed by atoms with Crippen LogP contribution in [0.25, 0.3) is 33.5 Å². The molecule has 1 saturated heterocycles. The van der Waals surface area contributed by atoms with Gasteiger partial charge in [-0.15, -0.1) is 0 Å². The van der Waals surface area contributed by atoms with Gasteiger partial charge >= 0.3 is 0 Å². The van der Waals surface area contributed by atoms with Gasteiger partial charge in [0.25, 0.3) is 0 Å². The molecule has 1 aliphatic heterocycles. The van der Waals surface area contributed by atoms with Crippen molar-refractivity contribution in [1.29, 1.82) is 5.26 Å². The van der Waals surface area contributed by atoms with Crippen molar-refractivity contribution in [1.82, 2.24) is 25.1 Å². The van der Waals surface area contributed by atoms with E-state index in [0.717, 1.165) is 57.5 Å². The smallest absolute Gasteiger partial charge is 0.223 e. The summed E-state index contributed by atoms with van der Waals surface area (Å²) in [6.45, 7) is 0.690. The Bertz CT molecular complexity index is 1500. The highest BCUT2D eigenvalue weighted by molar-refractivity contribution is 5.93. The van der Waals surface area contributed by atoms with Crippen LogP contribution in [-0.4, -0.2) is 51.7 Å². The molecular weight excluding hydrogens is 440 g/mol.